The van der Waals surface area contributed by atoms with Gasteiger partial charge in [0.2, 0.25) is 0 Å². The van der Waals surface area contributed by atoms with Crippen LogP contribution in [0.15, 0.2) is 23.6 Å². The van der Waals surface area contributed by atoms with E-state index in [0.29, 0.717) is 6.04 Å². The summed E-state index contributed by atoms with van der Waals surface area (Å²) in [5.41, 5.74) is 0.999. The summed E-state index contributed by atoms with van der Waals surface area (Å²) in [4.78, 5) is 12.9. The van der Waals surface area contributed by atoms with Crippen LogP contribution >= 0.6 is 11.3 Å². The van der Waals surface area contributed by atoms with Gasteiger partial charge in [-0.15, -0.1) is 11.3 Å². The van der Waals surface area contributed by atoms with E-state index in [0.717, 1.165) is 30.4 Å². The van der Waals surface area contributed by atoms with Crippen LogP contribution in [0.2, 0.25) is 0 Å². The van der Waals surface area contributed by atoms with Gasteiger partial charge in [-0.25, -0.2) is 9.97 Å². The largest absolute Gasteiger partial charge is 0.373 e. The quantitative estimate of drug-likeness (QED) is 0.886. The van der Waals surface area contributed by atoms with Gasteiger partial charge in [0, 0.05) is 36.3 Å². The van der Waals surface area contributed by atoms with Crippen LogP contribution in [0, 0.1) is 6.92 Å². The lowest BCUT2D eigenvalue weighted by molar-refractivity contribution is 0.200. The molecule has 1 N–H and O–H groups in total. The molecule has 0 aliphatic rings. The van der Waals surface area contributed by atoms with E-state index in [-0.39, 0.29) is 0 Å². The molecule has 0 saturated carbocycles. The molecule has 0 saturated heterocycles. The third kappa shape index (κ3) is 4.02. The van der Waals surface area contributed by atoms with Crippen molar-refractivity contribution in [3.8, 4) is 0 Å². The van der Waals surface area contributed by atoms with Crippen molar-refractivity contribution in [3.63, 3.8) is 0 Å². The molecule has 0 bridgehead atoms. The van der Waals surface area contributed by atoms with Crippen LogP contribution in [0.3, 0.4) is 0 Å². The fourth-order valence-electron chi connectivity index (χ4n) is 2.03. The zero-order valence-electron chi connectivity index (χ0n) is 12.6. The molecule has 0 spiro atoms. The van der Waals surface area contributed by atoms with Gasteiger partial charge in [-0.1, -0.05) is 6.07 Å². The second kappa shape index (κ2) is 6.81. The second-order valence-corrected chi connectivity index (χ2v) is 6.17. The number of anilines is 1. The third-order valence-corrected chi connectivity index (χ3v) is 4.03. The van der Waals surface area contributed by atoms with E-state index in [1.807, 2.05) is 20.0 Å². The highest BCUT2D eigenvalue weighted by Crippen LogP contribution is 2.16. The maximum Gasteiger partial charge on any atom is 0.144 e. The summed E-state index contributed by atoms with van der Waals surface area (Å²) in [7, 11) is 1.89. The molecule has 2 heterocycles. The molecule has 2 aromatic rings. The van der Waals surface area contributed by atoms with Gasteiger partial charge in [-0.3, -0.25) is 4.90 Å². The first-order valence-corrected chi connectivity index (χ1v) is 7.75. The lowest BCUT2D eigenvalue weighted by Crippen LogP contribution is -2.30. The summed E-state index contributed by atoms with van der Waals surface area (Å²) in [6, 6.07) is 6.69. The summed E-state index contributed by atoms with van der Waals surface area (Å²) in [5, 5.41) is 5.21. The van der Waals surface area contributed by atoms with Crippen LogP contribution in [0.4, 0.5) is 5.82 Å². The summed E-state index contributed by atoms with van der Waals surface area (Å²) >= 11 is 1.80. The Morgan fingerprint density at radius 2 is 2.10 bits per heavy atom. The molecule has 0 fully saturated rings. The number of nitrogens with one attached hydrogen (secondary N) is 1. The molecule has 0 aromatic carbocycles. The van der Waals surface area contributed by atoms with E-state index in [1.54, 1.807) is 11.3 Å². The maximum absolute atomic E-state index is 4.54. The molecular weight excluding hydrogens is 268 g/mol. The fourth-order valence-corrected chi connectivity index (χ4v) is 2.76. The summed E-state index contributed by atoms with van der Waals surface area (Å²) < 4.78 is 0. The zero-order valence-corrected chi connectivity index (χ0v) is 13.4. The Bertz CT molecular complexity index is 537. The van der Waals surface area contributed by atoms with E-state index in [4.69, 9.17) is 0 Å². The third-order valence-electron chi connectivity index (χ3n) is 3.17. The summed E-state index contributed by atoms with van der Waals surface area (Å²) in [5.74, 6) is 1.76. The number of aryl methyl sites for hydroxylation is 1. The first kappa shape index (κ1) is 14.9. The molecule has 0 unspecified atom stereocenters. The van der Waals surface area contributed by atoms with Crippen LogP contribution in [-0.2, 0) is 13.1 Å². The average Bonchev–Trinajstić information content (AvgIpc) is 2.90. The van der Waals surface area contributed by atoms with Crippen molar-refractivity contribution in [2.75, 3.05) is 12.4 Å². The second-order valence-electron chi connectivity index (χ2n) is 5.14. The highest BCUT2D eigenvalue weighted by Gasteiger charge is 2.13. The Hall–Kier alpha value is -1.46. The fraction of sp³-hybridized carbons (Fsp3) is 0.467. The standard InChI is InChI=1S/C15H22N4S/c1-11(2)19(9-13-6-5-7-20-13)10-15-17-12(3)8-14(16-4)18-15/h5-8,11H,9-10H2,1-4H3,(H,16,17,18). The minimum atomic E-state index is 0.458. The molecule has 0 aliphatic heterocycles. The van der Waals surface area contributed by atoms with Crippen LogP contribution in [-0.4, -0.2) is 28.0 Å². The first-order valence-electron chi connectivity index (χ1n) is 6.87. The molecule has 0 atom stereocenters. The number of aromatic nitrogens is 2. The number of thiophene rings is 1. The van der Waals surface area contributed by atoms with Gasteiger partial charge in [-0.05, 0) is 32.2 Å². The Morgan fingerprint density at radius 1 is 1.30 bits per heavy atom. The Balaban J connectivity index is 2.13. The van der Waals surface area contributed by atoms with Gasteiger partial charge in [-0.2, -0.15) is 0 Å². The van der Waals surface area contributed by atoms with Crippen molar-refractivity contribution in [1.29, 1.82) is 0 Å². The van der Waals surface area contributed by atoms with Gasteiger partial charge in [0.1, 0.15) is 11.6 Å². The topological polar surface area (TPSA) is 41.1 Å². The van der Waals surface area contributed by atoms with Crippen molar-refractivity contribution >= 4 is 17.2 Å². The Labute approximate surface area is 124 Å². The van der Waals surface area contributed by atoms with Crippen molar-refractivity contribution in [3.05, 3.63) is 40.0 Å². The highest BCUT2D eigenvalue weighted by molar-refractivity contribution is 7.09. The molecular formula is C15H22N4S. The van der Waals surface area contributed by atoms with Crippen LogP contribution < -0.4 is 5.32 Å². The average molecular weight is 290 g/mol. The lowest BCUT2D eigenvalue weighted by atomic mass is 10.3. The molecule has 2 rings (SSSR count). The molecule has 2 aromatic heterocycles. The first-order chi connectivity index (χ1) is 9.58. The van der Waals surface area contributed by atoms with Gasteiger partial charge < -0.3 is 5.32 Å². The predicted octanol–water partition coefficient (Wildman–Crippen LogP) is 3.30. The highest BCUT2D eigenvalue weighted by atomic mass is 32.1. The van der Waals surface area contributed by atoms with Gasteiger partial charge in [0.25, 0.3) is 0 Å². The number of hydrogen-bond donors (Lipinski definition) is 1. The van der Waals surface area contributed by atoms with Crippen molar-refractivity contribution in [1.82, 2.24) is 14.9 Å². The minimum absolute atomic E-state index is 0.458. The van der Waals surface area contributed by atoms with Crippen molar-refractivity contribution in [2.45, 2.75) is 39.9 Å². The molecule has 108 valence electrons. The van der Waals surface area contributed by atoms with E-state index in [9.17, 15) is 0 Å². The molecule has 5 heteroatoms. The van der Waals surface area contributed by atoms with E-state index in [1.165, 1.54) is 4.88 Å². The van der Waals surface area contributed by atoms with Gasteiger partial charge in [0.15, 0.2) is 0 Å². The molecule has 20 heavy (non-hydrogen) atoms. The van der Waals surface area contributed by atoms with Crippen LogP contribution in [0.1, 0.15) is 30.2 Å². The smallest absolute Gasteiger partial charge is 0.144 e. The summed E-state index contributed by atoms with van der Waals surface area (Å²) in [6.07, 6.45) is 0. The van der Waals surface area contributed by atoms with E-state index in [2.05, 4.69) is 51.5 Å². The van der Waals surface area contributed by atoms with Gasteiger partial charge in [0.05, 0.1) is 6.54 Å². The molecule has 0 aliphatic carbocycles. The zero-order chi connectivity index (χ0) is 14.5. The van der Waals surface area contributed by atoms with E-state index < -0.39 is 0 Å². The van der Waals surface area contributed by atoms with Crippen molar-refractivity contribution < 1.29 is 0 Å². The molecule has 0 radical (unpaired) electrons. The minimum Gasteiger partial charge on any atom is -0.373 e. The maximum atomic E-state index is 4.54. The predicted molar refractivity (Wildman–Crippen MR) is 85.0 cm³/mol. The number of rotatable bonds is 6. The Morgan fingerprint density at radius 3 is 2.70 bits per heavy atom. The molecule has 0 amide bonds. The molecule has 4 nitrogen and oxygen atoms in total. The van der Waals surface area contributed by atoms with Crippen LogP contribution in [0.5, 0.6) is 0 Å². The summed E-state index contributed by atoms with van der Waals surface area (Å²) in [6.45, 7) is 8.14. The van der Waals surface area contributed by atoms with Gasteiger partial charge >= 0.3 is 0 Å². The Kier molecular flexibility index (Phi) is 5.09. The van der Waals surface area contributed by atoms with Crippen molar-refractivity contribution in [2.24, 2.45) is 0 Å². The normalized spacial score (nSPS) is 11.3. The number of nitrogens with zero attached hydrogens (tertiary/aromatic N) is 3. The SMILES string of the molecule is CNc1cc(C)nc(CN(Cc2cccs2)C(C)C)n1. The van der Waals surface area contributed by atoms with E-state index >= 15 is 0 Å². The van der Waals surface area contributed by atoms with Crippen LogP contribution in [0.25, 0.3) is 0 Å². The monoisotopic (exact) mass is 290 g/mol. The number of hydrogen-bond acceptors (Lipinski definition) is 5. The lowest BCUT2D eigenvalue weighted by Gasteiger charge is -2.25.